The van der Waals surface area contributed by atoms with Crippen LogP contribution in [0.15, 0.2) is 72.8 Å². The second-order valence-electron chi connectivity index (χ2n) is 6.56. The molecule has 3 aromatic rings. The van der Waals surface area contributed by atoms with E-state index >= 15 is 0 Å². The Balaban J connectivity index is 1.72. The van der Waals surface area contributed by atoms with Crippen molar-refractivity contribution < 1.29 is 19.1 Å². The lowest BCUT2D eigenvalue weighted by molar-refractivity contribution is 0.0228. The minimum absolute atomic E-state index is 0.0952. The number of ether oxygens (including phenoxy) is 2. The number of nitrogens with one attached hydrogen (secondary N) is 2. The number of carbonyl (C=O) groups is 2. The molecule has 0 aliphatic rings. The average Bonchev–Trinajstić information content (AvgIpc) is 2.76. The van der Waals surface area contributed by atoms with Crippen molar-refractivity contribution in [1.82, 2.24) is 0 Å². The molecule has 0 bridgehead atoms. The highest BCUT2D eigenvalue weighted by atomic mass is 16.7. The van der Waals surface area contributed by atoms with Gasteiger partial charge in [-0.2, -0.15) is 0 Å². The van der Waals surface area contributed by atoms with Crippen LogP contribution in [0.4, 0.5) is 11.4 Å². The van der Waals surface area contributed by atoms with E-state index in [0.717, 1.165) is 11.3 Å². The Hall–Kier alpha value is -3.64. The molecule has 154 valence electrons. The third-order valence-corrected chi connectivity index (χ3v) is 4.42. The monoisotopic (exact) mass is 404 g/mol. The highest BCUT2D eigenvalue weighted by molar-refractivity contribution is 6.09. The van der Waals surface area contributed by atoms with Gasteiger partial charge in [0.2, 0.25) is 0 Å². The van der Waals surface area contributed by atoms with Gasteiger partial charge in [-0.1, -0.05) is 36.4 Å². The summed E-state index contributed by atoms with van der Waals surface area (Å²) in [6.45, 7) is 4.42. The number of aryl methyl sites for hydroxylation is 1. The van der Waals surface area contributed by atoms with Crippen molar-refractivity contribution in [3.63, 3.8) is 0 Å². The Morgan fingerprint density at radius 3 is 2.07 bits per heavy atom. The van der Waals surface area contributed by atoms with E-state index in [1.807, 2.05) is 44.2 Å². The molecule has 3 rings (SSSR count). The highest BCUT2D eigenvalue weighted by Crippen LogP contribution is 2.24. The topological polar surface area (TPSA) is 76.7 Å². The first-order chi connectivity index (χ1) is 14.6. The molecule has 2 N–H and O–H groups in total. The number of rotatable bonds is 8. The average molecular weight is 404 g/mol. The molecule has 0 heterocycles. The van der Waals surface area contributed by atoms with Gasteiger partial charge in [0.05, 0.1) is 5.69 Å². The SMILES string of the molecule is CCOCOc1ccccc1NC(=O)c1cccc(C(=O)Nc2ccccc2C)c1. The largest absolute Gasteiger partial charge is 0.465 e. The van der Waals surface area contributed by atoms with E-state index in [-0.39, 0.29) is 18.6 Å². The Kier molecular flexibility index (Phi) is 7.19. The molecule has 6 nitrogen and oxygen atoms in total. The van der Waals surface area contributed by atoms with Crippen molar-refractivity contribution in [2.75, 3.05) is 24.0 Å². The second-order valence-corrected chi connectivity index (χ2v) is 6.56. The summed E-state index contributed by atoms with van der Waals surface area (Å²) in [5, 5.41) is 5.70. The number of hydrogen-bond donors (Lipinski definition) is 2. The maximum atomic E-state index is 12.8. The highest BCUT2D eigenvalue weighted by Gasteiger charge is 2.13. The van der Waals surface area contributed by atoms with E-state index in [2.05, 4.69) is 10.6 Å². The molecule has 0 saturated heterocycles. The number of anilines is 2. The standard InChI is InChI=1S/C24H24N2O4/c1-3-29-16-30-22-14-7-6-13-21(22)26-24(28)19-11-8-10-18(15-19)23(27)25-20-12-5-4-9-17(20)2/h4-15H,3,16H2,1-2H3,(H,25,27)(H,26,28). The Morgan fingerprint density at radius 1 is 0.800 bits per heavy atom. The van der Waals surface area contributed by atoms with E-state index in [4.69, 9.17) is 9.47 Å². The van der Waals surface area contributed by atoms with E-state index in [0.29, 0.717) is 29.2 Å². The van der Waals surface area contributed by atoms with Crippen LogP contribution < -0.4 is 15.4 Å². The van der Waals surface area contributed by atoms with Crippen LogP contribution in [-0.2, 0) is 4.74 Å². The summed E-state index contributed by atoms with van der Waals surface area (Å²) >= 11 is 0. The summed E-state index contributed by atoms with van der Waals surface area (Å²) in [6, 6.07) is 21.2. The third kappa shape index (κ3) is 5.46. The number of amides is 2. The van der Waals surface area contributed by atoms with Crippen LogP contribution in [0.5, 0.6) is 5.75 Å². The van der Waals surface area contributed by atoms with Crippen molar-refractivity contribution in [3.05, 3.63) is 89.5 Å². The van der Waals surface area contributed by atoms with Crippen molar-refractivity contribution in [3.8, 4) is 5.75 Å². The maximum absolute atomic E-state index is 12.8. The molecule has 0 atom stereocenters. The van der Waals surface area contributed by atoms with Crippen molar-refractivity contribution in [1.29, 1.82) is 0 Å². The van der Waals surface area contributed by atoms with Crippen LogP contribution in [0.25, 0.3) is 0 Å². The first kappa shape index (κ1) is 21.1. The van der Waals surface area contributed by atoms with Crippen LogP contribution in [0, 0.1) is 6.92 Å². The predicted molar refractivity (Wildman–Crippen MR) is 117 cm³/mol. The van der Waals surface area contributed by atoms with Gasteiger partial charge >= 0.3 is 0 Å². The van der Waals surface area contributed by atoms with Crippen molar-refractivity contribution in [2.24, 2.45) is 0 Å². The van der Waals surface area contributed by atoms with Crippen LogP contribution in [0.2, 0.25) is 0 Å². The fourth-order valence-electron chi connectivity index (χ4n) is 2.79. The fourth-order valence-corrected chi connectivity index (χ4v) is 2.79. The van der Waals surface area contributed by atoms with Gasteiger partial charge in [0.1, 0.15) is 5.75 Å². The Labute approximate surface area is 175 Å². The molecule has 0 aliphatic heterocycles. The zero-order chi connectivity index (χ0) is 21.3. The molecule has 0 saturated carbocycles. The van der Waals surface area contributed by atoms with E-state index in [1.54, 1.807) is 42.5 Å². The molecule has 3 aromatic carbocycles. The number of benzene rings is 3. The van der Waals surface area contributed by atoms with E-state index < -0.39 is 0 Å². The lowest BCUT2D eigenvalue weighted by Crippen LogP contribution is -2.16. The Bertz CT molecular complexity index is 1030. The molecule has 0 unspecified atom stereocenters. The predicted octanol–water partition coefficient (Wildman–Crippen LogP) is 4.87. The second kappa shape index (κ2) is 10.2. The zero-order valence-electron chi connectivity index (χ0n) is 17.0. The molecule has 0 fully saturated rings. The third-order valence-electron chi connectivity index (χ3n) is 4.42. The summed E-state index contributed by atoms with van der Waals surface area (Å²) in [5.74, 6) is -0.111. The summed E-state index contributed by atoms with van der Waals surface area (Å²) in [5.41, 5.74) is 2.98. The van der Waals surface area contributed by atoms with Gasteiger partial charge in [-0.05, 0) is 55.8 Å². The minimum atomic E-state index is -0.340. The first-order valence-electron chi connectivity index (χ1n) is 9.66. The van der Waals surface area contributed by atoms with Crippen LogP contribution in [0.3, 0.4) is 0 Å². The smallest absolute Gasteiger partial charge is 0.255 e. The number of para-hydroxylation sites is 3. The zero-order valence-corrected chi connectivity index (χ0v) is 17.0. The molecule has 6 heteroatoms. The summed E-state index contributed by atoms with van der Waals surface area (Å²) in [7, 11) is 0. The molecule has 0 aromatic heterocycles. The molecular formula is C24H24N2O4. The lowest BCUT2D eigenvalue weighted by Gasteiger charge is -2.13. The van der Waals surface area contributed by atoms with Gasteiger partial charge in [0.25, 0.3) is 11.8 Å². The lowest BCUT2D eigenvalue weighted by atomic mass is 10.1. The van der Waals surface area contributed by atoms with Crippen molar-refractivity contribution >= 4 is 23.2 Å². The van der Waals surface area contributed by atoms with Crippen molar-refractivity contribution in [2.45, 2.75) is 13.8 Å². The number of carbonyl (C=O) groups excluding carboxylic acids is 2. The normalized spacial score (nSPS) is 10.3. The number of hydrogen-bond acceptors (Lipinski definition) is 4. The fraction of sp³-hybridized carbons (Fsp3) is 0.167. The van der Waals surface area contributed by atoms with Gasteiger partial charge in [-0.3, -0.25) is 9.59 Å². The van der Waals surface area contributed by atoms with Gasteiger partial charge < -0.3 is 20.1 Å². The van der Waals surface area contributed by atoms with Gasteiger partial charge in [0.15, 0.2) is 6.79 Å². The minimum Gasteiger partial charge on any atom is -0.465 e. The van der Waals surface area contributed by atoms with Crippen LogP contribution in [-0.4, -0.2) is 25.2 Å². The summed E-state index contributed by atoms with van der Waals surface area (Å²) in [6.07, 6.45) is 0. The van der Waals surface area contributed by atoms with Crippen LogP contribution in [0.1, 0.15) is 33.2 Å². The molecule has 0 radical (unpaired) electrons. The van der Waals surface area contributed by atoms with Crippen LogP contribution >= 0.6 is 0 Å². The molecular weight excluding hydrogens is 380 g/mol. The summed E-state index contributed by atoms with van der Waals surface area (Å²) in [4.78, 5) is 25.4. The van der Waals surface area contributed by atoms with Gasteiger partial charge in [-0.25, -0.2) is 0 Å². The van der Waals surface area contributed by atoms with E-state index in [9.17, 15) is 9.59 Å². The van der Waals surface area contributed by atoms with Gasteiger partial charge in [-0.15, -0.1) is 0 Å². The van der Waals surface area contributed by atoms with Gasteiger partial charge in [0, 0.05) is 23.4 Å². The first-order valence-corrected chi connectivity index (χ1v) is 9.66. The molecule has 0 aliphatic carbocycles. The molecule has 30 heavy (non-hydrogen) atoms. The van der Waals surface area contributed by atoms with E-state index in [1.165, 1.54) is 0 Å². The quantitative estimate of drug-likeness (QED) is 0.415. The summed E-state index contributed by atoms with van der Waals surface area (Å²) < 4.78 is 10.8. The maximum Gasteiger partial charge on any atom is 0.255 e. The Morgan fingerprint density at radius 2 is 1.40 bits per heavy atom. The molecule has 0 spiro atoms. The molecule has 2 amide bonds.